The first kappa shape index (κ1) is 51.5. The minimum Gasteiger partial charge on any atom is -0.759 e. The van der Waals surface area contributed by atoms with E-state index >= 15 is 0 Å². The van der Waals surface area contributed by atoms with Gasteiger partial charge < -0.3 is 45.5 Å². The Bertz CT molecular complexity index is 625. The van der Waals surface area contributed by atoms with Crippen LogP contribution in [0.2, 0.25) is 0 Å². The van der Waals surface area contributed by atoms with Crippen molar-refractivity contribution in [1.82, 2.24) is 0 Å². The van der Waals surface area contributed by atoms with E-state index in [2.05, 4.69) is 0 Å². The maximum Gasteiger partial charge on any atom is 5.00 e. The van der Waals surface area contributed by atoms with Crippen molar-refractivity contribution in [3.05, 3.63) is 0 Å². The standard InChI is InChI=1S/ClH.5H2O4S.2V/c;5*1-5(2,3)4;;/h1H;5*(H2,1,2,3,4);;/q;;;;;;2*+5/p-10. The Morgan fingerprint density at radius 1 is 0.286 bits per heavy atom. The molecule has 0 atom stereocenters. The van der Waals surface area contributed by atoms with Gasteiger partial charge in [-0.1, -0.05) is 0 Å². The van der Waals surface area contributed by atoms with Crippen molar-refractivity contribution >= 4 is 64.4 Å². The summed E-state index contributed by atoms with van der Waals surface area (Å²) in [6.45, 7) is 0. The molecule has 28 heavy (non-hydrogen) atoms. The Morgan fingerprint density at radius 2 is 0.286 bits per heavy atom. The molecule has 0 aliphatic heterocycles. The van der Waals surface area contributed by atoms with Gasteiger partial charge in [0.1, 0.15) is 0 Å². The third kappa shape index (κ3) is 27300. The van der Waals surface area contributed by atoms with Gasteiger partial charge in [0, 0.05) is 52.0 Å². The average molecular weight is 619 g/mol. The normalized spacial score (nSPS) is 10.4. The molecule has 0 spiro atoms. The molecule has 0 amide bonds. The summed E-state index contributed by atoms with van der Waals surface area (Å²) >= 11 is 0. The molecule has 0 aromatic carbocycles. The second kappa shape index (κ2) is 21.1. The Balaban J connectivity index is -0.0000000290. The quantitative estimate of drug-likeness (QED) is 0.180. The summed E-state index contributed by atoms with van der Waals surface area (Å²) < 4.78 is 170. The summed E-state index contributed by atoms with van der Waals surface area (Å²) in [6.07, 6.45) is 0. The maximum absolute atomic E-state index is 8.52. The summed E-state index contributed by atoms with van der Waals surface area (Å²) in [5, 5.41) is 0. The minimum atomic E-state index is -5.17. The molecule has 168 valence electrons. The largest absolute Gasteiger partial charge is 5.00 e. The van der Waals surface area contributed by atoms with Crippen LogP contribution in [0.15, 0.2) is 0 Å². The van der Waals surface area contributed by atoms with Crippen LogP contribution in [-0.4, -0.2) is 87.6 Å². The monoisotopic (exact) mass is 618 g/mol. The molecule has 0 saturated heterocycles. The summed E-state index contributed by atoms with van der Waals surface area (Å²) in [4.78, 5) is 0. The predicted molar refractivity (Wildman–Crippen MR) is 59.6 cm³/mol. The van der Waals surface area contributed by atoms with Crippen molar-refractivity contribution in [3.63, 3.8) is 0 Å². The van der Waals surface area contributed by atoms with Gasteiger partial charge in [-0.15, -0.1) is 12.4 Å². The van der Waals surface area contributed by atoms with Gasteiger partial charge in [-0.2, -0.15) is 0 Å². The molecule has 28 heteroatoms. The van der Waals surface area contributed by atoms with Gasteiger partial charge in [0.05, 0.1) is 0 Å². The van der Waals surface area contributed by atoms with E-state index in [0.29, 0.717) is 0 Å². The van der Waals surface area contributed by atoms with E-state index in [1.54, 1.807) is 0 Å². The third-order valence-corrected chi connectivity index (χ3v) is 0. The van der Waals surface area contributed by atoms with Crippen LogP contribution >= 0.6 is 12.4 Å². The number of hydrogen-bond donors (Lipinski definition) is 0. The number of hydrogen-bond acceptors (Lipinski definition) is 20. The zero-order chi connectivity index (χ0) is 22.5. The first-order valence-electron chi connectivity index (χ1n) is 3.33. The first-order chi connectivity index (χ1) is 10.0. The van der Waals surface area contributed by atoms with Gasteiger partial charge in [-0.25, -0.2) is 0 Å². The fourth-order valence-corrected chi connectivity index (χ4v) is 0. The molecule has 0 aromatic rings. The molecule has 20 nitrogen and oxygen atoms in total. The molecule has 0 unspecified atom stereocenters. The van der Waals surface area contributed by atoms with Crippen LogP contribution < -0.4 is 0 Å². The zero-order valence-corrected chi connectivity index (χ0v) is 19.2. The van der Waals surface area contributed by atoms with E-state index in [4.69, 9.17) is 87.6 Å². The smallest absolute Gasteiger partial charge is 0.759 e. The van der Waals surface area contributed by atoms with Crippen LogP contribution in [0.1, 0.15) is 0 Å². The van der Waals surface area contributed by atoms with Crippen molar-refractivity contribution in [1.29, 1.82) is 0 Å². The van der Waals surface area contributed by atoms with Crippen LogP contribution in [0.5, 0.6) is 0 Å². The van der Waals surface area contributed by atoms with Crippen LogP contribution in [-0.2, 0) is 89.1 Å². The Morgan fingerprint density at radius 3 is 0.286 bits per heavy atom. The van der Waals surface area contributed by atoms with Gasteiger partial charge in [0.15, 0.2) is 0 Å². The number of halogens is 1. The van der Waals surface area contributed by atoms with Gasteiger partial charge in [-0.3, -0.25) is 42.1 Å². The second-order valence-electron chi connectivity index (χ2n) is 2.04. The van der Waals surface area contributed by atoms with Crippen LogP contribution in [0.25, 0.3) is 0 Å². The van der Waals surface area contributed by atoms with E-state index < -0.39 is 52.0 Å². The summed E-state index contributed by atoms with van der Waals surface area (Å²) in [6, 6.07) is 0. The van der Waals surface area contributed by atoms with Gasteiger partial charge in [0.2, 0.25) is 0 Å². The van der Waals surface area contributed by atoms with Crippen molar-refractivity contribution in [2.24, 2.45) is 0 Å². The minimum absolute atomic E-state index is 0. The van der Waals surface area contributed by atoms with Gasteiger partial charge in [-0.05, 0) is 0 Å². The van der Waals surface area contributed by atoms with E-state index in [9.17, 15) is 0 Å². The van der Waals surface area contributed by atoms with Crippen molar-refractivity contribution in [3.8, 4) is 0 Å². The van der Waals surface area contributed by atoms with Crippen molar-refractivity contribution < 1.29 is 125 Å². The Labute approximate surface area is 188 Å². The molecular formula is HClO20S5V2. The first-order valence-corrected chi connectivity index (χ1v) is 10.0. The Hall–Kier alpha value is 0.809. The zero-order valence-electron chi connectivity index (χ0n) is 11.5. The van der Waals surface area contributed by atoms with Crippen LogP contribution in [0.3, 0.4) is 0 Å². The van der Waals surface area contributed by atoms with Gasteiger partial charge >= 0.3 is 37.1 Å². The number of rotatable bonds is 0. The van der Waals surface area contributed by atoms with Crippen molar-refractivity contribution in [2.75, 3.05) is 0 Å². The topological polar surface area (TPSA) is 401 Å². The molecule has 0 bridgehead atoms. The maximum atomic E-state index is 8.52. The third-order valence-electron chi connectivity index (χ3n) is 0. The molecule has 0 aromatic heterocycles. The summed E-state index contributed by atoms with van der Waals surface area (Å²) in [5.74, 6) is 0. The molecular weight excluding hydrogens is 618 g/mol. The molecule has 0 rings (SSSR count). The van der Waals surface area contributed by atoms with Crippen molar-refractivity contribution in [2.45, 2.75) is 0 Å². The second-order valence-corrected chi connectivity index (χ2v) is 6.12. The molecule has 0 N–H and O–H groups in total. The fourth-order valence-electron chi connectivity index (χ4n) is 0. The Kier molecular flexibility index (Phi) is 38.7. The molecule has 0 fully saturated rings. The molecule has 0 aliphatic carbocycles. The molecule has 0 saturated carbocycles. The molecule has 0 radical (unpaired) electrons. The van der Waals surface area contributed by atoms with E-state index in [-0.39, 0.29) is 49.5 Å². The van der Waals surface area contributed by atoms with E-state index in [0.717, 1.165) is 0 Å². The predicted octanol–water partition coefficient (Wildman–Crippen LogP) is -6.27. The summed E-state index contributed by atoms with van der Waals surface area (Å²) in [7, 11) is -25.8. The van der Waals surface area contributed by atoms with Gasteiger partial charge in [0.25, 0.3) is 0 Å². The molecule has 0 aliphatic rings. The average Bonchev–Trinajstić information content (AvgIpc) is 1.79. The SMILES string of the molecule is Cl.O=S(=O)([O-])[O-].O=S(=O)([O-])[O-].O=S(=O)([O-])[O-].O=S(=O)([O-])[O-].O=S(=O)([O-])[O-].[V+5].[V+5]. The summed E-state index contributed by atoms with van der Waals surface area (Å²) in [5.41, 5.74) is 0. The fraction of sp³-hybridized carbons (Fsp3) is 0. The van der Waals surface area contributed by atoms with Crippen LogP contribution in [0, 0.1) is 0 Å². The van der Waals surface area contributed by atoms with E-state index in [1.165, 1.54) is 0 Å². The van der Waals surface area contributed by atoms with Crippen LogP contribution in [0.4, 0.5) is 0 Å². The van der Waals surface area contributed by atoms with E-state index in [1.807, 2.05) is 0 Å². The molecule has 0 heterocycles.